The van der Waals surface area contributed by atoms with E-state index in [0.717, 1.165) is 11.0 Å². The first-order chi connectivity index (χ1) is 11.3. The maximum atomic E-state index is 10.3. The van der Waals surface area contributed by atoms with Gasteiger partial charge in [-0.15, -0.1) is 15.0 Å². The van der Waals surface area contributed by atoms with E-state index in [-0.39, 0.29) is 11.2 Å². The lowest BCUT2D eigenvalue weighted by Crippen LogP contribution is -2.22. The summed E-state index contributed by atoms with van der Waals surface area (Å²) in [5.74, 6) is 1.06. The van der Waals surface area contributed by atoms with Gasteiger partial charge in [0.25, 0.3) is 0 Å². The van der Waals surface area contributed by atoms with Crippen molar-refractivity contribution in [1.82, 2.24) is 15.0 Å². The second-order valence-electron chi connectivity index (χ2n) is 7.67. The maximum absolute atomic E-state index is 10.3. The van der Waals surface area contributed by atoms with Gasteiger partial charge < -0.3 is 5.11 Å². The number of rotatable bonds is 3. The van der Waals surface area contributed by atoms with E-state index in [1.54, 1.807) is 6.07 Å². The number of phenolic OH excluding ortho intramolecular Hbond substituents is 1. The van der Waals surface area contributed by atoms with Gasteiger partial charge in [-0.2, -0.15) is 0 Å². The van der Waals surface area contributed by atoms with Crippen LogP contribution in [0, 0.1) is 11.3 Å². The summed E-state index contributed by atoms with van der Waals surface area (Å²) in [6.07, 6.45) is 0. The van der Waals surface area contributed by atoms with Crippen molar-refractivity contribution in [2.45, 2.75) is 40.5 Å². The third-order valence-corrected chi connectivity index (χ3v) is 5.14. The molecule has 0 spiro atoms. The first-order valence-electron chi connectivity index (χ1n) is 8.43. The highest BCUT2D eigenvalue weighted by molar-refractivity contribution is 5.73. The summed E-state index contributed by atoms with van der Waals surface area (Å²) < 4.78 is 0. The van der Waals surface area contributed by atoms with Crippen LogP contribution < -0.4 is 0 Å². The molecule has 1 N–H and O–H groups in total. The van der Waals surface area contributed by atoms with E-state index < -0.39 is 0 Å². The van der Waals surface area contributed by atoms with Gasteiger partial charge in [-0.25, -0.2) is 0 Å². The van der Waals surface area contributed by atoms with Gasteiger partial charge in [0.1, 0.15) is 22.5 Å². The van der Waals surface area contributed by atoms with Crippen LogP contribution in [0.3, 0.4) is 0 Å². The van der Waals surface area contributed by atoms with Crippen LogP contribution in [-0.2, 0) is 0 Å². The fourth-order valence-electron chi connectivity index (χ4n) is 2.99. The van der Waals surface area contributed by atoms with Crippen molar-refractivity contribution in [3.05, 3.63) is 48.0 Å². The number of fused-ring (bicyclic) bond motifs is 1. The monoisotopic (exact) mass is 323 g/mol. The largest absolute Gasteiger partial charge is 0.506 e. The van der Waals surface area contributed by atoms with Crippen molar-refractivity contribution in [2.24, 2.45) is 11.3 Å². The highest BCUT2D eigenvalue weighted by Crippen LogP contribution is 2.38. The zero-order chi connectivity index (χ0) is 17.5. The molecule has 0 amide bonds. The molecule has 0 bridgehead atoms. The number of nitrogens with zero attached hydrogens (tertiary/aromatic N) is 3. The fourth-order valence-corrected chi connectivity index (χ4v) is 2.99. The van der Waals surface area contributed by atoms with Crippen molar-refractivity contribution in [1.29, 1.82) is 0 Å². The minimum atomic E-state index is 0.190. The Morgan fingerprint density at radius 2 is 1.54 bits per heavy atom. The zero-order valence-corrected chi connectivity index (χ0v) is 15.0. The Balaban J connectivity index is 2.03. The molecule has 24 heavy (non-hydrogen) atoms. The molecule has 3 rings (SSSR count). The highest BCUT2D eigenvalue weighted by Gasteiger charge is 2.27. The number of hydrogen-bond acceptors (Lipinski definition) is 3. The molecule has 0 aliphatic rings. The van der Waals surface area contributed by atoms with Crippen LogP contribution in [0.5, 0.6) is 5.75 Å². The number of aromatic nitrogens is 3. The summed E-state index contributed by atoms with van der Waals surface area (Å²) in [5.41, 5.74) is 3.66. The topological polar surface area (TPSA) is 50.9 Å². The third-order valence-electron chi connectivity index (χ3n) is 5.14. The van der Waals surface area contributed by atoms with Gasteiger partial charge in [-0.05, 0) is 47.1 Å². The Kier molecular flexibility index (Phi) is 4.08. The van der Waals surface area contributed by atoms with E-state index in [4.69, 9.17) is 0 Å². The smallest absolute Gasteiger partial charge is 0.143 e. The minimum absolute atomic E-state index is 0.190. The summed E-state index contributed by atoms with van der Waals surface area (Å²) in [6, 6.07) is 13.4. The standard InChI is InChI=1S/C20H25N3O/c1-13(14(2)20(3,4)5)15-10-11-19(24)18(12-15)23-21-16-8-6-7-9-17(16)22-23/h6-14,24H,1-5H3. The molecule has 1 heterocycles. The van der Waals surface area contributed by atoms with Gasteiger partial charge in [-0.1, -0.05) is 52.8 Å². The van der Waals surface area contributed by atoms with Crippen LogP contribution in [0.25, 0.3) is 16.7 Å². The van der Waals surface area contributed by atoms with Crippen LogP contribution in [0.4, 0.5) is 0 Å². The van der Waals surface area contributed by atoms with Gasteiger partial charge in [0.2, 0.25) is 0 Å². The van der Waals surface area contributed by atoms with Gasteiger partial charge in [0.15, 0.2) is 0 Å². The number of aromatic hydroxyl groups is 1. The third kappa shape index (κ3) is 3.01. The molecule has 4 heteroatoms. The van der Waals surface area contributed by atoms with E-state index in [9.17, 15) is 5.11 Å². The average molecular weight is 323 g/mol. The van der Waals surface area contributed by atoms with E-state index >= 15 is 0 Å². The molecular weight excluding hydrogens is 298 g/mol. The number of hydrogen-bond donors (Lipinski definition) is 1. The molecule has 0 aliphatic carbocycles. The van der Waals surface area contributed by atoms with Crippen molar-refractivity contribution in [3.8, 4) is 11.4 Å². The molecular formula is C20H25N3O. The van der Waals surface area contributed by atoms with Crippen molar-refractivity contribution in [2.75, 3.05) is 0 Å². The van der Waals surface area contributed by atoms with Crippen LogP contribution in [0.1, 0.15) is 46.1 Å². The summed E-state index contributed by atoms with van der Waals surface area (Å²) in [5, 5.41) is 19.3. The lowest BCUT2D eigenvalue weighted by atomic mass is 9.73. The molecule has 0 saturated carbocycles. The molecule has 2 atom stereocenters. The lowest BCUT2D eigenvalue weighted by molar-refractivity contribution is 0.228. The second kappa shape index (κ2) is 5.93. The van der Waals surface area contributed by atoms with Gasteiger partial charge in [0.05, 0.1) is 0 Å². The fraction of sp³-hybridized carbons (Fsp3) is 0.400. The van der Waals surface area contributed by atoms with E-state index in [1.807, 2.05) is 36.4 Å². The zero-order valence-electron chi connectivity index (χ0n) is 15.0. The van der Waals surface area contributed by atoms with Crippen LogP contribution in [-0.4, -0.2) is 20.1 Å². The Morgan fingerprint density at radius 3 is 2.08 bits per heavy atom. The molecule has 0 aliphatic heterocycles. The average Bonchev–Trinajstić information content (AvgIpc) is 2.96. The van der Waals surface area contributed by atoms with Gasteiger partial charge in [-0.3, -0.25) is 0 Å². The Hall–Kier alpha value is -2.36. The quantitative estimate of drug-likeness (QED) is 0.745. The SMILES string of the molecule is CC(c1ccc(O)c(-n2nc3ccccc3n2)c1)C(C)C(C)(C)C. The van der Waals surface area contributed by atoms with Crippen LogP contribution in [0.2, 0.25) is 0 Å². The molecule has 0 fully saturated rings. The first kappa shape index (κ1) is 16.5. The van der Waals surface area contributed by atoms with Crippen LogP contribution >= 0.6 is 0 Å². The summed E-state index contributed by atoms with van der Waals surface area (Å²) in [7, 11) is 0. The predicted octanol–water partition coefficient (Wildman–Crippen LogP) is 4.91. The van der Waals surface area contributed by atoms with Gasteiger partial charge >= 0.3 is 0 Å². The van der Waals surface area contributed by atoms with Crippen molar-refractivity contribution in [3.63, 3.8) is 0 Å². The molecule has 0 radical (unpaired) electrons. The molecule has 1 aromatic heterocycles. The number of phenols is 1. The van der Waals surface area contributed by atoms with Gasteiger partial charge in [0, 0.05) is 0 Å². The van der Waals surface area contributed by atoms with Crippen molar-refractivity contribution < 1.29 is 5.11 Å². The Morgan fingerprint density at radius 1 is 0.958 bits per heavy atom. The molecule has 4 nitrogen and oxygen atoms in total. The molecule has 2 aromatic carbocycles. The molecule has 3 aromatic rings. The molecule has 0 saturated heterocycles. The lowest BCUT2D eigenvalue weighted by Gasteiger charge is -2.33. The summed E-state index contributed by atoms with van der Waals surface area (Å²) >= 11 is 0. The van der Waals surface area contributed by atoms with E-state index in [2.05, 4.69) is 44.8 Å². The normalized spacial score (nSPS) is 14.7. The number of benzene rings is 2. The van der Waals surface area contributed by atoms with Crippen molar-refractivity contribution >= 4 is 11.0 Å². The maximum Gasteiger partial charge on any atom is 0.143 e. The molecule has 126 valence electrons. The summed E-state index contributed by atoms with van der Waals surface area (Å²) in [6.45, 7) is 11.3. The molecule has 2 unspecified atom stereocenters. The van der Waals surface area contributed by atoms with E-state index in [1.165, 1.54) is 10.4 Å². The Labute approximate surface area is 143 Å². The second-order valence-corrected chi connectivity index (χ2v) is 7.67. The highest BCUT2D eigenvalue weighted by atomic mass is 16.3. The summed E-state index contributed by atoms with van der Waals surface area (Å²) in [4.78, 5) is 1.53. The Bertz CT molecular complexity index is 828. The van der Waals surface area contributed by atoms with E-state index in [0.29, 0.717) is 17.5 Å². The predicted molar refractivity (Wildman–Crippen MR) is 97.6 cm³/mol. The first-order valence-corrected chi connectivity index (χ1v) is 8.43. The minimum Gasteiger partial charge on any atom is -0.506 e. The van der Waals surface area contributed by atoms with Crippen LogP contribution in [0.15, 0.2) is 42.5 Å².